The number of rotatable bonds is 7. The summed E-state index contributed by atoms with van der Waals surface area (Å²) in [6.07, 6.45) is 3.40. The van der Waals surface area contributed by atoms with Crippen LogP contribution in [0.5, 0.6) is 0 Å². The summed E-state index contributed by atoms with van der Waals surface area (Å²) in [7, 11) is 1.66. The number of H-pyrrole nitrogens is 1. The highest BCUT2D eigenvalue weighted by Crippen LogP contribution is 2.24. The molecular weight excluding hydrogens is 404 g/mol. The second kappa shape index (κ2) is 9.39. The zero-order valence-corrected chi connectivity index (χ0v) is 18.0. The maximum atomic E-state index is 5.17. The van der Waals surface area contributed by atoms with Gasteiger partial charge in [-0.2, -0.15) is 0 Å². The standard InChI is InChI=1S/C23H26N8O/c1-32-14-18-12-20(27-15-26-18)17-2-3-19-21(11-17)29-23(28-19)30-22-10-16(4-5-25-22)13-31-8-6-24-7-9-31/h2-5,10-12,15,24H,6-9,13-14H2,1H3,(H2,25,28,29,30). The van der Waals surface area contributed by atoms with Crippen molar-refractivity contribution >= 4 is 22.8 Å². The number of nitrogens with zero attached hydrogens (tertiary/aromatic N) is 5. The molecule has 0 bridgehead atoms. The van der Waals surface area contributed by atoms with Crippen LogP contribution in [0.4, 0.5) is 11.8 Å². The number of ether oxygens (including phenoxy) is 1. The lowest BCUT2D eigenvalue weighted by Gasteiger charge is -2.27. The van der Waals surface area contributed by atoms with E-state index in [4.69, 9.17) is 4.74 Å². The number of aromatic amines is 1. The van der Waals surface area contributed by atoms with Gasteiger partial charge in [0.25, 0.3) is 0 Å². The molecule has 4 heterocycles. The SMILES string of the molecule is COCc1cc(-c2ccc3nc(Nc4cc(CN5CCNCC5)ccn4)[nH]c3c2)ncn1. The molecule has 0 aliphatic carbocycles. The minimum absolute atomic E-state index is 0.455. The van der Waals surface area contributed by atoms with Gasteiger partial charge in [-0.25, -0.2) is 19.9 Å². The first-order valence-electron chi connectivity index (χ1n) is 10.7. The van der Waals surface area contributed by atoms with Gasteiger partial charge in [-0.1, -0.05) is 6.07 Å². The Morgan fingerprint density at radius 2 is 1.97 bits per heavy atom. The lowest BCUT2D eigenvalue weighted by molar-refractivity contribution is 0.181. The molecule has 0 radical (unpaired) electrons. The molecule has 5 rings (SSSR count). The Bertz CT molecular complexity index is 1200. The second-order valence-electron chi connectivity index (χ2n) is 7.85. The Hall–Kier alpha value is -3.40. The van der Waals surface area contributed by atoms with Crippen LogP contribution >= 0.6 is 0 Å². The molecule has 1 aromatic carbocycles. The van der Waals surface area contributed by atoms with Gasteiger partial charge in [0.15, 0.2) is 0 Å². The van der Waals surface area contributed by atoms with Gasteiger partial charge in [-0.15, -0.1) is 0 Å². The summed E-state index contributed by atoms with van der Waals surface area (Å²) in [5.41, 5.74) is 5.71. The van der Waals surface area contributed by atoms with Gasteiger partial charge in [-0.3, -0.25) is 4.90 Å². The lowest BCUT2D eigenvalue weighted by Crippen LogP contribution is -2.42. The third-order valence-corrected chi connectivity index (χ3v) is 5.48. The average molecular weight is 431 g/mol. The molecule has 0 spiro atoms. The van der Waals surface area contributed by atoms with Crippen LogP contribution in [0.15, 0.2) is 48.9 Å². The first-order valence-corrected chi connectivity index (χ1v) is 10.7. The van der Waals surface area contributed by atoms with E-state index in [2.05, 4.69) is 52.6 Å². The molecule has 3 N–H and O–H groups in total. The Morgan fingerprint density at radius 3 is 2.84 bits per heavy atom. The Morgan fingerprint density at radius 1 is 1.06 bits per heavy atom. The topological polar surface area (TPSA) is 104 Å². The van der Waals surface area contributed by atoms with E-state index in [1.165, 1.54) is 5.56 Å². The molecule has 3 aromatic heterocycles. The smallest absolute Gasteiger partial charge is 0.206 e. The van der Waals surface area contributed by atoms with Crippen LogP contribution in [0.3, 0.4) is 0 Å². The molecule has 0 amide bonds. The van der Waals surface area contributed by atoms with Gasteiger partial charge < -0.3 is 20.4 Å². The Kier molecular flexibility index (Phi) is 6.02. The van der Waals surface area contributed by atoms with Crippen molar-refractivity contribution in [1.29, 1.82) is 0 Å². The van der Waals surface area contributed by atoms with Crippen molar-refractivity contribution in [3.63, 3.8) is 0 Å². The summed E-state index contributed by atoms with van der Waals surface area (Å²) >= 11 is 0. The minimum atomic E-state index is 0.455. The van der Waals surface area contributed by atoms with Crippen LogP contribution in [0, 0.1) is 0 Å². The van der Waals surface area contributed by atoms with Gasteiger partial charge in [-0.05, 0) is 35.9 Å². The van der Waals surface area contributed by atoms with Crippen molar-refractivity contribution in [1.82, 2.24) is 35.1 Å². The molecule has 1 aliphatic rings. The predicted octanol–water partition coefficient (Wildman–Crippen LogP) is 2.71. The third kappa shape index (κ3) is 4.75. The maximum Gasteiger partial charge on any atom is 0.206 e. The first kappa shape index (κ1) is 20.5. The van der Waals surface area contributed by atoms with Crippen LogP contribution in [-0.2, 0) is 17.9 Å². The number of nitrogens with one attached hydrogen (secondary N) is 3. The molecule has 9 heteroatoms. The highest BCUT2D eigenvalue weighted by Gasteiger charge is 2.11. The van der Waals surface area contributed by atoms with Crippen molar-refractivity contribution in [3.05, 3.63) is 60.2 Å². The number of aromatic nitrogens is 5. The normalized spacial score (nSPS) is 14.7. The van der Waals surface area contributed by atoms with Crippen molar-refractivity contribution in [2.75, 3.05) is 38.6 Å². The average Bonchev–Trinajstić information content (AvgIpc) is 3.22. The molecule has 0 saturated carbocycles. The number of piperazine rings is 1. The number of hydrogen-bond acceptors (Lipinski definition) is 8. The largest absolute Gasteiger partial charge is 0.378 e. The molecule has 1 saturated heterocycles. The van der Waals surface area contributed by atoms with E-state index >= 15 is 0 Å². The van der Waals surface area contributed by atoms with Crippen molar-refractivity contribution in [2.24, 2.45) is 0 Å². The van der Waals surface area contributed by atoms with Gasteiger partial charge >= 0.3 is 0 Å². The predicted molar refractivity (Wildman–Crippen MR) is 123 cm³/mol. The summed E-state index contributed by atoms with van der Waals surface area (Å²) in [5.74, 6) is 1.43. The van der Waals surface area contributed by atoms with E-state index in [9.17, 15) is 0 Å². The van der Waals surface area contributed by atoms with Gasteiger partial charge in [0.2, 0.25) is 5.95 Å². The summed E-state index contributed by atoms with van der Waals surface area (Å²) < 4.78 is 5.17. The van der Waals surface area contributed by atoms with E-state index in [-0.39, 0.29) is 0 Å². The summed E-state index contributed by atoms with van der Waals surface area (Å²) in [5, 5.41) is 6.69. The number of pyridine rings is 1. The highest BCUT2D eigenvalue weighted by molar-refractivity contribution is 5.83. The fraction of sp³-hybridized carbons (Fsp3) is 0.304. The van der Waals surface area contributed by atoms with E-state index in [1.807, 2.05) is 30.5 Å². The van der Waals surface area contributed by atoms with Gasteiger partial charge in [0.1, 0.15) is 12.1 Å². The van der Waals surface area contributed by atoms with Crippen LogP contribution < -0.4 is 10.6 Å². The maximum absolute atomic E-state index is 5.17. The number of imidazole rings is 1. The third-order valence-electron chi connectivity index (χ3n) is 5.48. The number of fused-ring (bicyclic) bond motifs is 1. The van der Waals surface area contributed by atoms with Crippen LogP contribution in [-0.4, -0.2) is 63.1 Å². The Labute approximate surface area is 186 Å². The zero-order chi connectivity index (χ0) is 21.8. The van der Waals surface area contributed by atoms with Crippen LogP contribution in [0.2, 0.25) is 0 Å². The second-order valence-corrected chi connectivity index (χ2v) is 7.85. The van der Waals surface area contributed by atoms with Crippen molar-refractivity contribution < 1.29 is 4.74 Å². The number of benzene rings is 1. The van der Waals surface area contributed by atoms with E-state index in [0.29, 0.717) is 12.6 Å². The lowest BCUT2D eigenvalue weighted by atomic mass is 10.1. The molecule has 0 unspecified atom stereocenters. The van der Waals surface area contributed by atoms with Crippen molar-refractivity contribution in [2.45, 2.75) is 13.2 Å². The number of methoxy groups -OCH3 is 1. The van der Waals surface area contributed by atoms with Gasteiger partial charge in [0, 0.05) is 51.6 Å². The van der Waals surface area contributed by atoms with E-state index in [1.54, 1.807) is 13.4 Å². The highest BCUT2D eigenvalue weighted by atomic mass is 16.5. The number of hydrogen-bond donors (Lipinski definition) is 3. The van der Waals surface area contributed by atoms with E-state index in [0.717, 1.165) is 66.5 Å². The molecule has 9 nitrogen and oxygen atoms in total. The zero-order valence-electron chi connectivity index (χ0n) is 18.0. The van der Waals surface area contributed by atoms with Crippen LogP contribution in [0.25, 0.3) is 22.3 Å². The van der Waals surface area contributed by atoms with Crippen LogP contribution in [0.1, 0.15) is 11.3 Å². The summed E-state index contributed by atoms with van der Waals surface area (Å²) in [6.45, 7) is 5.59. The molecule has 0 atom stereocenters. The van der Waals surface area contributed by atoms with E-state index < -0.39 is 0 Å². The minimum Gasteiger partial charge on any atom is -0.378 e. The fourth-order valence-corrected chi connectivity index (χ4v) is 3.90. The van der Waals surface area contributed by atoms with Crippen molar-refractivity contribution in [3.8, 4) is 11.3 Å². The molecule has 4 aromatic rings. The molecular formula is C23H26N8O. The number of anilines is 2. The Balaban J connectivity index is 1.33. The monoisotopic (exact) mass is 430 g/mol. The fourth-order valence-electron chi connectivity index (χ4n) is 3.90. The molecule has 1 fully saturated rings. The van der Waals surface area contributed by atoms with Gasteiger partial charge in [0.05, 0.1) is 29.0 Å². The molecule has 32 heavy (non-hydrogen) atoms. The first-order chi connectivity index (χ1) is 15.8. The molecule has 164 valence electrons. The summed E-state index contributed by atoms with van der Waals surface area (Å²) in [4.78, 5) is 23.5. The molecule has 1 aliphatic heterocycles. The summed E-state index contributed by atoms with van der Waals surface area (Å²) in [6, 6.07) is 12.1. The quantitative estimate of drug-likeness (QED) is 0.411.